The Morgan fingerprint density at radius 2 is 1.27 bits per heavy atom. The second kappa shape index (κ2) is 11.8. The lowest BCUT2D eigenvalue weighted by atomic mass is 10.0. The van der Waals surface area contributed by atoms with E-state index in [0.29, 0.717) is 6.61 Å². The van der Waals surface area contributed by atoms with Crippen molar-refractivity contribution in [3.63, 3.8) is 0 Å². The van der Waals surface area contributed by atoms with Gasteiger partial charge in [0.25, 0.3) is 5.69 Å². The second-order valence-corrected chi connectivity index (χ2v) is 30.0. The quantitative estimate of drug-likeness (QED) is 0.158. The molecule has 1 aliphatic heterocycles. The van der Waals surface area contributed by atoms with Crippen LogP contribution in [0.5, 0.6) is 0 Å². The second-order valence-electron chi connectivity index (χ2n) is 15.7. The zero-order chi connectivity index (χ0) is 31.1. The third-order valence-electron chi connectivity index (χ3n) is 9.51. The fraction of sp³-hybridized carbons (Fsp3) is 0.733. The van der Waals surface area contributed by atoms with Gasteiger partial charge in [0.1, 0.15) is 24.1 Å². The highest BCUT2D eigenvalue weighted by atomic mass is 28.4. The van der Waals surface area contributed by atoms with Crippen molar-refractivity contribution in [3.05, 3.63) is 51.8 Å². The highest BCUT2D eigenvalue weighted by Crippen LogP contribution is 2.45. The monoisotopic (exact) mass is 609 g/mol. The van der Waals surface area contributed by atoms with Crippen LogP contribution in [-0.4, -0.2) is 48.7 Å². The molecule has 1 heterocycles. The normalized spacial score (nSPS) is 21.7. The van der Waals surface area contributed by atoms with Crippen molar-refractivity contribution >= 4 is 30.6 Å². The van der Waals surface area contributed by atoms with Crippen LogP contribution < -0.4 is 0 Å². The van der Waals surface area contributed by atoms with E-state index in [9.17, 15) is 10.1 Å². The first-order valence-electron chi connectivity index (χ1n) is 14.4. The first kappa shape index (κ1) is 34.9. The van der Waals surface area contributed by atoms with E-state index < -0.39 is 43.3 Å². The van der Waals surface area contributed by atoms with Gasteiger partial charge in [-0.15, -0.1) is 0 Å². The molecule has 0 unspecified atom stereocenters. The van der Waals surface area contributed by atoms with E-state index in [1.54, 1.807) is 12.1 Å². The first-order valence-corrected chi connectivity index (χ1v) is 23.1. The smallest absolute Gasteiger partial charge is 0.269 e. The fourth-order valence-corrected chi connectivity index (χ4v) is 6.84. The average molecular weight is 610 g/mol. The Kier molecular flexibility index (Phi) is 10.3. The van der Waals surface area contributed by atoms with E-state index in [2.05, 4.69) is 102 Å². The number of hydrogen-bond donors (Lipinski definition) is 0. The Hall–Kier alpha value is -1.31. The molecule has 0 saturated heterocycles. The number of nitro groups is 1. The lowest BCUT2D eigenvalue weighted by molar-refractivity contribution is -0.384. The van der Waals surface area contributed by atoms with Crippen LogP contribution >= 0.6 is 0 Å². The summed E-state index contributed by atoms with van der Waals surface area (Å²) in [4.78, 5) is 10.9. The van der Waals surface area contributed by atoms with E-state index in [1.807, 2.05) is 6.08 Å². The van der Waals surface area contributed by atoms with Crippen LogP contribution in [0.2, 0.25) is 54.4 Å². The van der Waals surface area contributed by atoms with Gasteiger partial charge in [0.15, 0.2) is 16.6 Å². The van der Waals surface area contributed by atoms with E-state index in [4.69, 9.17) is 18.0 Å². The summed E-state index contributed by atoms with van der Waals surface area (Å²) in [6, 6.07) is 6.59. The van der Waals surface area contributed by atoms with Crippen LogP contribution in [0.1, 0.15) is 74.0 Å². The Balaban J connectivity index is 2.66. The van der Waals surface area contributed by atoms with E-state index in [-0.39, 0.29) is 25.7 Å². The summed E-state index contributed by atoms with van der Waals surface area (Å²) < 4.78 is 27.6. The molecule has 0 spiro atoms. The molecule has 0 aliphatic carbocycles. The lowest BCUT2D eigenvalue weighted by Gasteiger charge is -2.47. The summed E-state index contributed by atoms with van der Waals surface area (Å²) >= 11 is 0. The van der Waals surface area contributed by atoms with Gasteiger partial charge in [0.05, 0.1) is 11.5 Å². The van der Waals surface area contributed by atoms with Crippen LogP contribution in [0.3, 0.4) is 0 Å². The number of rotatable bonds is 9. The Bertz CT molecular complexity index is 1060. The number of ether oxygens (including phenoxy) is 1. The molecule has 2 rings (SSSR count). The maximum absolute atomic E-state index is 11.3. The zero-order valence-corrected chi connectivity index (χ0v) is 30.7. The van der Waals surface area contributed by atoms with E-state index in [1.165, 1.54) is 12.1 Å². The topological polar surface area (TPSA) is 80.1 Å². The number of non-ortho nitro benzene ring substituents is 1. The van der Waals surface area contributed by atoms with Crippen molar-refractivity contribution in [1.82, 2.24) is 0 Å². The molecule has 40 heavy (non-hydrogen) atoms. The van der Waals surface area contributed by atoms with Crippen LogP contribution in [0.4, 0.5) is 5.69 Å². The molecule has 3 atom stereocenters. The minimum atomic E-state index is -2.24. The van der Waals surface area contributed by atoms with Crippen molar-refractivity contribution < 1.29 is 22.9 Å². The maximum Gasteiger partial charge on any atom is 0.269 e. The third-order valence-corrected chi connectivity index (χ3v) is 22.8. The van der Waals surface area contributed by atoms with Crippen molar-refractivity contribution in [2.24, 2.45) is 0 Å². The number of nitrogens with zero attached hydrogens (tertiary/aromatic N) is 1. The summed E-state index contributed by atoms with van der Waals surface area (Å²) in [5.74, 6) is 0.801. The molecule has 0 bridgehead atoms. The molecule has 0 aromatic heterocycles. The molecule has 1 aliphatic rings. The zero-order valence-electron chi connectivity index (χ0n) is 27.7. The summed E-state index contributed by atoms with van der Waals surface area (Å²) in [6.45, 7) is 34.0. The minimum absolute atomic E-state index is 0.00483. The number of hydrogen-bond acceptors (Lipinski definition) is 6. The molecule has 1 aromatic carbocycles. The van der Waals surface area contributed by atoms with Crippen LogP contribution in [0, 0.1) is 10.1 Å². The number of nitro benzene ring substituents is 1. The highest BCUT2D eigenvalue weighted by molar-refractivity contribution is 6.75. The van der Waals surface area contributed by atoms with Crippen molar-refractivity contribution in [2.45, 2.75) is 135 Å². The Morgan fingerprint density at radius 3 is 1.70 bits per heavy atom. The third kappa shape index (κ3) is 8.16. The molecule has 228 valence electrons. The highest BCUT2D eigenvalue weighted by Gasteiger charge is 2.48. The van der Waals surface area contributed by atoms with Crippen molar-refractivity contribution in [3.8, 4) is 0 Å². The van der Waals surface area contributed by atoms with E-state index in [0.717, 1.165) is 11.3 Å². The molecule has 10 heteroatoms. The molecular formula is C30H55NO6Si3. The van der Waals surface area contributed by atoms with Gasteiger partial charge in [0, 0.05) is 12.1 Å². The largest absolute Gasteiger partial charge is 0.545 e. The summed E-state index contributed by atoms with van der Waals surface area (Å²) in [7, 11) is -6.56. The molecule has 0 radical (unpaired) electrons. The predicted molar refractivity (Wildman–Crippen MR) is 172 cm³/mol. The van der Waals surface area contributed by atoms with Gasteiger partial charge in [-0.25, -0.2) is 0 Å². The summed E-state index contributed by atoms with van der Waals surface area (Å²) in [5.41, 5.74) is 0.892. The number of benzene rings is 1. The van der Waals surface area contributed by atoms with Crippen molar-refractivity contribution in [1.29, 1.82) is 0 Å². The average Bonchev–Trinajstić information content (AvgIpc) is 2.76. The molecule has 0 fully saturated rings. The van der Waals surface area contributed by atoms with Gasteiger partial charge in [-0.3, -0.25) is 10.1 Å². The fourth-order valence-electron chi connectivity index (χ4n) is 3.49. The molecule has 0 saturated carbocycles. The van der Waals surface area contributed by atoms with Crippen LogP contribution in [0.25, 0.3) is 0 Å². The van der Waals surface area contributed by atoms with Crippen molar-refractivity contribution in [2.75, 3.05) is 6.61 Å². The molecule has 7 nitrogen and oxygen atoms in total. The van der Waals surface area contributed by atoms with Crippen LogP contribution in [-0.2, 0) is 18.0 Å². The predicted octanol–water partition coefficient (Wildman–Crippen LogP) is 9.35. The summed E-state index contributed by atoms with van der Waals surface area (Å²) in [6.07, 6.45) is 0.789. The summed E-state index contributed by atoms with van der Waals surface area (Å²) in [5, 5.41) is 11.3. The van der Waals surface area contributed by atoms with E-state index >= 15 is 0 Å². The first-order chi connectivity index (χ1) is 17.8. The SMILES string of the molecule is CC(C)(C)[Si](C)(C)OC[C@H]1O[C@H](c2ccc([N+](=O)[O-])cc2)C=C(O[Si](C)(C)C(C)(C)C)[C@@H]1O[Si](C)(C)C(C)(C)C. The lowest BCUT2D eigenvalue weighted by Crippen LogP contribution is -2.54. The van der Waals surface area contributed by atoms with Gasteiger partial charge >= 0.3 is 0 Å². The van der Waals surface area contributed by atoms with Crippen LogP contribution in [0.15, 0.2) is 36.1 Å². The van der Waals surface area contributed by atoms with Gasteiger partial charge in [-0.05, 0) is 78.2 Å². The Morgan fingerprint density at radius 1 is 0.800 bits per heavy atom. The van der Waals surface area contributed by atoms with Gasteiger partial charge < -0.3 is 18.0 Å². The molecule has 0 N–H and O–H groups in total. The Labute approximate surface area is 246 Å². The molecular weight excluding hydrogens is 555 g/mol. The van der Waals surface area contributed by atoms with Gasteiger partial charge in [-0.1, -0.05) is 62.3 Å². The van der Waals surface area contributed by atoms with Gasteiger partial charge in [-0.2, -0.15) is 0 Å². The maximum atomic E-state index is 11.3. The standard InChI is InChI=1S/C30H55NO6Si3/c1-28(2,3)38(10,11)34-21-26-27(37-40(14,15)30(7,8)9)25(36-39(12,13)29(4,5)6)20-24(35-26)22-16-18-23(19-17-22)31(32)33/h16-20,24,26-27H,21H2,1-15H3/t24-,26+,27-/m0/s1. The minimum Gasteiger partial charge on any atom is -0.545 e. The molecule has 0 amide bonds. The molecule has 1 aromatic rings. The van der Waals surface area contributed by atoms with Gasteiger partial charge in [0.2, 0.25) is 8.32 Å².